The summed E-state index contributed by atoms with van der Waals surface area (Å²) >= 11 is 0. The molecule has 10 nitrogen and oxygen atoms in total. The molecule has 1 aliphatic heterocycles. The Labute approximate surface area is 191 Å². The van der Waals surface area contributed by atoms with Crippen molar-refractivity contribution in [1.82, 2.24) is 24.3 Å². The Morgan fingerprint density at radius 2 is 1.85 bits per heavy atom. The molecule has 13 heteroatoms. The number of aliphatic carboxylic acids is 1. The van der Waals surface area contributed by atoms with E-state index < -0.39 is 24.0 Å². The van der Waals surface area contributed by atoms with Crippen molar-refractivity contribution in [2.45, 2.75) is 52.4 Å². The molecule has 0 atom stereocenters. The average molecular weight is 480 g/mol. The van der Waals surface area contributed by atoms with E-state index in [0.717, 1.165) is 48.7 Å². The molecule has 4 rings (SSSR count). The SMILES string of the molecule is Cc1cn2ccc(NC(=O)C(=O)NCc3c(C)nc4n3CCCC4)cc2n1.O=C(O)C(F)(F)F. The van der Waals surface area contributed by atoms with Gasteiger partial charge in [-0.1, -0.05) is 0 Å². The number of aromatic nitrogens is 4. The van der Waals surface area contributed by atoms with Crippen LogP contribution in [0.25, 0.3) is 5.65 Å². The van der Waals surface area contributed by atoms with Gasteiger partial charge in [-0.2, -0.15) is 13.2 Å². The van der Waals surface area contributed by atoms with Crippen LogP contribution in [0.5, 0.6) is 0 Å². The van der Waals surface area contributed by atoms with E-state index >= 15 is 0 Å². The molecule has 1 aliphatic rings. The number of carboxylic acid groups (broad SMARTS) is 1. The van der Waals surface area contributed by atoms with Gasteiger partial charge in [0.05, 0.1) is 23.6 Å². The van der Waals surface area contributed by atoms with Gasteiger partial charge in [0.1, 0.15) is 11.5 Å². The number of carboxylic acids is 1. The fourth-order valence-corrected chi connectivity index (χ4v) is 3.52. The number of fused-ring (bicyclic) bond motifs is 2. The first-order chi connectivity index (χ1) is 16.0. The predicted octanol–water partition coefficient (Wildman–Crippen LogP) is 2.37. The third-order valence-electron chi connectivity index (χ3n) is 5.09. The van der Waals surface area contributed by atoms with Gasteiger partial charge in [0.25, 0.3) is 0 Å². The highest BCUT2D eigenvalue weighted by atomic mass is 19.4. The first-order valence-corrected chi connectivity index (χ1v) is 10.3. The lowest BCUT2D eigenvalue weighted by Gasteiger charge is -2.16. The minimum Gasteiger partial charge on any atom is -0.475 e. The summed E-state index contributed by atoms with van der Waals surface area (Å²) in [5.41, 5.74) is 4.02. The number of hydrogen-bond acceptors (Lipinski definition) is 5. The third kappa shape index (κ3) is 5.91. The van der Waals surface area contributed by atoms with Crippen molar-refractivity contribution in [2.75, 3.05) is 5.32 Å². The van der Waals surface area contributed by atoms with Crippen LogP contribution in [-0.4, -0.2) is 48.0 Å². The van der Waals surface area contributed by atoms with Gasteiger partial charge in [-0.25, -0.2) is 14.8 Å². The van der Waals surface area contributed by atoms with E-state index in [1.165, 1.54) is 0 Å². The lowest BCUT2D eigenvalue weighted by Crippen LogP contribution is -2.35. The Hall–Kier alpha value is -3.90. The molecule has 4 heterocycles. The number of halogens is 3. The maximum absolute atomic E-state index is 12.2. The summed E-state index contributed by atoms with van der Waals surface area (Å²) in [6.07, 6.45) is 1.82. The minimum atomic E-state index is -5.08. The molecule has 182 valence electrons. The number of anilines is 1. The molecule has 0 unspecified atom stereocenters. The molecule has 0 saturated carbocycles. The normalized spacial score (nSPS) is 13.0. The van der Waals surface area contributed by atoms with Crippen molar-refractivity contribution in [3.63, 3.8) is 0 Å². The van der Waals surface area contributed by atoms with Gasteiger partial charge in [-0.05, 0) is 32.8 Å². The van der Waals surface area contributed by atoms with Gasteiger partial charge in [0.2, 0.25) is 0 Å². The van der Waals surface area contributed by atoms with E-state index in [4.69, 9.17) is 9.90 Å². The largest absolute Gasteiger partial charge is 0.490 e. The zero-order valence-electron chi connectivity index (χ0n) is 18.4. The summed E-state index contributed by atoms with van der Waals surface area (Å²) in [4.78, 5) is 42.2. The molecule has 0 radical (unpaired) electrons. The number of imidazole rings is 2. The maximum atomic E-state index is 12.2. The van der Waals surface area contributed by atoms with Gasteiger partial charge in [-0.15, -0.1) is 0 Å². The van der Waals surface area contributed by atoms with E-state index in [1.54, 1.807) is 18.3 Å². The van der Waals surface area contributed by atoms with Crippen LogP contribution in [0.1, 0.15) is 35.7 Å². The van der Waals surface area contributed by atoms with E-state index in [-0.39, 0.29) is 0 Å². The number of amides is 2. The number of pyridine rings is 1. The lowest BCUT2D eigenvalue weighted by molar-refractivity contribution is -0.192. The zero-order valence-corrected chi connectivity index (χ0v) is 18.4. The van der Waals surface area contributed by atoms with Crippen LogP contribution in [-0.2, 0) is 33.9 Å². The minimum absolute atomic E-state index is 0.295. The van der Waals surface area contributed by atoms with Crippen LogP contribution < -0.4 is 10.6 Å². The van der Waals surface area contributed by atoms with E-state index in [9.17, 15) is 22.8 Å². The van der Waals surface area contributed by atoms with Crippen molar-refractivity contribution in [3.05, 3.63) is 47.4 Å². The maximum Gasteiger partial charge on any atom is 0.490 e. The number of carbonyl (C=O) groups is 3. The summed E-state index contributed by atoms with van der Waals surface area (Å²) in [6.45, 7) is 5.05. The van der Waals surface area contributed by atoms with Crippen LogP contribution in [0.15, 0.2) is 24.5 Å². The highest BCUT2D eigenvalue weighted by molar-refractivity contribution is 6.39. The van der Waals surface area contributed by atoms with Gasteiger partial charge in [0, 0.05) is 37.1 Å². The molecule has 0 aromatic carbocycles. The van der Waals surface area contributed by atoms with E-state index in [2.05, 4.69) is 25.2 Å². The lowest BCUT2D eigenvalue weighted by atomic mass is 10.1. The molecule has 3 aromatic rings. The van der Waals surface area contributed by atoms with Crippen molar-refractivity contribution >= 4 is 29.1 Å². The standard InChI is InChI=1S/C19H22N6O2.C2HF3O2/c1-12-11-24-8-6-14(9-17(24)21-12)23-19(27)18(26)20-10-15-13(2)22-16-5-3-4-7-25(15)16;3-2(4,5)1(6)7/h6,8-9,11H,3-5,7,10H2,1-2H3,(H,20,26)(H,23,27);(H,6,7). The van der Waals surface area contributed by atoms with E-state index in [0.29, 0.717) is 17.9 Å². The predicted molar refractivity (Wildman–Crippen MR) is 114 cm³/mol. The quantitative estimate of drug-likeness (QED) is 0.494. The number of alkyl halides is 3. The molecule has 0 spiro atoms. The molecule has 3 N–H and O–H groups in total. The van der Waals surface area contributed by atoms with Crippen molar-refractivity contribution in [1.29, 1.82) is 0 Å². The molecule has 34 heavy (non-hydrogen) atoms. The average Bonchev–Trinajstić information content (AvgIpc) is 3.29. The number of aryl methyl sites for hydroxylation is 3. The molecule has 3 aromatic heterocycles. The summed E-state index contributed by atoms with van der Waals surface area (Å²) in [5, 5.41) is 12.5. The summed E-state index contributed by atoms with van der Waals surface area (Å²) in [5.74, 6) is -3.05. The van der Waals surface area contributed by atoms with Crippen LogP contribution in [0.4, 0.5) is 18.9 Å². The second-order valence-electron chi connectivity index (χ2n) is 7.67. The number of hydrogen-bond donors (Lipinski definition) is 3. The number of nitrogens with one attached hydrogen (secondary N) is 2. The van der Waals surface area contributed by atoms with Gasteiger partial charge >= 0.3 is 24.0 Å². The number of rotatable bonds is 3. The number of carbonyl (C=O) groups excluding carboxylic acids is 2. The van der Waals surface area contributed by atoms with Gasteiger partial charge < -0.3 is 24.7 Å². The monoisotopic (exact) mass is 480 g/mol. The van der Waals surface area contributed by atoms with Crippen molar-refractivity contribution in [3.8, 4) is 0 Å². The molecule has 0 fully saturated rings. The molecule has 0 bridgehead atoms. The smallest absolute Gasteiger partial charge is 0.475 e. The molecule has 0 aliphatic carbocycles. The highest BCUT2D eigenvalue weighted by Gasteiger charge is 2.38. The molecule has 0 saturated heterocycles. The molecular formula is C21H23F3N6O4. The Balaban J connectivity index is 0.000000406. The van der Waals surface area contributed by atoms with Crippen LogP contribution in [0.2, 0.25) is 0 Å². The fourth-order valence-electron chi connectivity index (χ4n) is 3.52. The second-order valence-corrected chi connectivity index (χ2v) is 7.67. The zero-order chi connectivity index (χ0) is 25.0. The van der Waals surface area contributed by atoms with E-state index in [1.807, 2.05) is 24.4 Å². The summed E-state index contributed by atoms with van der Waals surface area (Å²) in [7, 11) is 0. The van der Waals surface area contributed by atoms with Crippen LogP contribution in [0, 0.1) is 13.8 Å². The molecular weight excluding hydrogens is 457 g/mol. The van der Waals surface area contributed by atoms with Crippen LogP contribution >= 0.6 is 0 Å². The molecule has 2 amide bonds. The second kappa shape index (κ2) is 9.93. The topological polar surface area (TPSA) is 131 Å². The first kappa shape index (κ1) is 24.7. The van der Waals surface area contributed by atoms with Gasteiger partial charge in [0.15, 0.2) is 0 Å². The Morgan fingerprint density at radius 1 is 1.15 bits per heavy atom. The highest BCUT2D eigenvalue weighted by Crippen LogP contribution is 2.19. The summed E-state index contributed by atoms with van der Waals surface area (Å²) < 4.78 is 35.8. The summed E-state index contributed by atoms with van der Waals surface area (Å²) in [6, 6.07) is 3.46. The Kier molecular flexibility index (Phi) is 7.23. The number of nitrogens with zero attached hydrogens (tertiary/aromatic N) is 4. The van der Waals surface area contributed by atoms with Crippen molar-refractivity contribution in [2.24, 2.45) is 0 Å². The van der Waals surface area contributed by atoms with Crippen LogP contribution in [0.3, 0.4) is 0 Å². The third-order valence-corrected chi connectivity index (χ3v) is 5.09. The van der Waals surface area contributed by atoms with Crippen molar-refractivity contribution < 1.29 is 32.7 Å². The Morgan fingerprint density at radius 3 is 2.53 bits per heavy atom. The fraction of sp³-hybridized carbons (Fsp3) is 0.381. The first-order valence-electron chi connectivity index (χ1n) is 10.3. The Bertz CT molecular complexity index is 1230. The van der Waals surface area contributed by atoms with Gasteiger partial charge in [-0.3, -0.25) is 9.59 Å².